The molecule has 1 aliphatic heterocycles. The zero-order valence-electron chi connectivity index (χ0n) is 29.0. The first-order chi connectivity index (χ1) is 24.6. The summed E-state index contributed by atoms with van der Waals surface area (Å²) in [5.74, 6) is 0.285. The van der Waals surface area contributed by atoms with Crippen LogP contribution in [0.1, 0.15) is 12.1 Å². The number of ether oxygens (including phenoxy) is 1. The summed E-state index contributed by atoms with van der Waals surface area (Å²) in [5, 5.41) is 9.64. The molecule has 0 aliphatic carbocycles. The van der Waals surface area contributed by atoms with Gasteiger partial charge in [-0.05, 0) is 43.5 Å². The average molecular weight is 689 g/mol. The SMILES string of the molecule is C=CC(=O)Nc1cc(Nc2nccc(-c3cn(C)c4ccccc34)n2)c(OC)cc1N(C)CCN(C)Cc1ccc(N2CCC(=O)NC2=O)cn1. The Morgan fingerprint density at radius 1 is 1.08 bits per heavy atom. The highest BCUT2D eigenvalue weighted by Crippen LogP contribution is 2.38. The van der Waals surface area contributed by atoms with E-state index in [4.69, 9.17) is 9.72 Å². The standard InChI is InChI=1S/C37H40N10O4/c1-6-34(48)40-29-19-30(42-36-38-15-13-28(41-36)27-23-46(4)31-10-8-7-9-26(27)31)33(51-5)20-32(29)45(3)18-17-44(2)22-24-11-12-25(21-39-24)47-16-14-35(49)43-37(47)50/h6-13,15,19-21,23H,1,14,16-18,22H2,2-5H3,(H,40,48)(H,38,41,42)(H,43,49,50). The highest BCUT2D eigenvalue weighted by atomic mass is 16.5. The van der Waals surface area contributed by atoms with Crippen LogP contribution in [0.4, 0.5) is 33.5 Å². The van der Waals surface area contributed by atoms with Crippen LogP contribution in [0.5, 0.6) is 5.75 Å². The van der Waals surface area contributed by atoms with Crippen molar-refractivity contribution in [2.75, 3.05) is 61.3 Å². The maximum atomic E-state index is 12.5. The van der Waals surface area contributed by atoms with Gasteiger partial charge in [0.2, 0.25) is 17.8 Å². The van der Waals surface area contributed by atoms with Gasteiger partial charge in [0.25, 0.3) is 0 Å². The number of hydrogen-bond acceptors (Lipinski definition) is 10. The van der Waals surface area contributed by atoms with Crippen LogP contribution < -0.4 is 30.5 Å². The second-order valence-corrected chi connectivity index (χ2v) is 12.2. The Kier molecular flexibility index (Phi) is 10.2. The number of fused-ring (bicyclic) bond motifs is 1. The molecule has 0 radical (unpaired) electrons. The number of pyridine rings is 1. The van der Waals surface area contributed by atoms with E-state index in [9.17, 15) is 14.4 Å². The normalized spacial score (nSPS) is 12.9. The summed E-state index contributed by atoms with van der Waals surface area (Å²) < 4.78 is 7.87. The molecule has 14 heteroatoms. The minimum Gasteiger partial charge on any atom is -0.494 e. The first kappa shape index (κ1) is 34.6. The number of aryl methyl sites for hydroxylation is 1. The van der Waals surface area contributed by atoms with Gasteiger partial charge in [-0.3, -0.25) is 29.7 Å². The van der Waals surface area contributed by atoms with Crippen molar-refractivity contribution < 1.29 is 19.1 Å². The number of nitrogens with one attached hydrogen (secondary N) is 3. The lowest BCUT2D eigenvalue weighted by Crippen LogP contribution is -2.49. The van der Waals surface area contributed by atoms with Crippen molar-refractivity contribution in [2.24, 2.45) is 7.05 Å². The molecule has 3 N–H and O–H groups in total. The number of urea groups is 1. The molecule has 1 aliphatic rings. The van der Waals surface area contributed by atoms with Crippen LogP contribution in [0, 0.1) is 0 Å². The summed E-state index contributed by atoms with van der Waals surface area (Å²) >= 11 is 0. The maximum Gasteiger partial charge on any atom is 0.328 e. The number of benzene rings is 2. The van der Waals surface area contributed by atoms with E-state index in [1.807, 2.05) is 62.4 Å². The van der Waals surface area contributed by atoms with E-state index in [0.29, 0.717) is 54.9 Å². The Bertz CT molecular complexity index is 2100. The monoisotopic (exact) mass is 688 g/mol. The third-order valence-corrected chi connectivity index (χ3v) is 8.67. The van der Waals surface area contributed by atoms with Crippen molar-refractivity contribution in [1.82, 2.24) is 29.7 Å². The molecular weight excluding hydrogens is 648 g/mol. The van der Waals surface area contributed by atoms with E-state index < -0.39 is 6.03 Å². The molecule has 2 aromatic carbocycles. The molecule has 4 heterocycles. The highest BCUT2D eigenvalue weighted by molar-refractivity contribution is 6.05. The summed E-state index contributed by atoms with van der Waals surface area (Å²) in [7, 11) is 7.53. The Morgan fingerprint density at radius 2 is 1.90 bits per heavy atom. The largest absolute Gasteiger partial charge is 0.494 e. The zero-order valence-corrected chi connectivity index (χ0v) is 29.0. The highest BCUT2D eigenvalue weighted by Gasteiger charge is 2.24. The van der Waals surface area contributed by atoms with Crippen LogP contribution in [0.15, 0.2) is 85.8 Å². The van der Waals surface area contributed by atoms with Gasteiger partial charge in [0.15, 0.2) is 0 Å². The minimum atomic E-state index is -0.440. The van der Waals surface area contributed by atoms with Crippen LogP contribution in [0.25, 0.3) is 22.2 Å². The number of nitrogens with zero attached hydrogens (tertiary/aromatic N) is 7. The van der Waals surface area contributed by atoms with E-state index >= 15 is 0 Å². The quantitative estimate of drug-likeness (QED) is 0.146. The number of imide groups is 1. The van der Waals surface area contributed by atoms with Crippen molar-refractivity contribution in [2.45, 2.75) is 13.0 Å². The molecule has 4 amide bonds. The second-order valence-electron chi connectivity index (χ2n) is 12.2. The number of rotatable bonds is 13. The number of anilines is 5. The molecule has 51 heavy (non-hydrogen) atoms. The first-order valence-corrected chi connectivity index (χ1v) is 16.4. The second kappa shape index (κ2) is 15.1. The Labute approximate surface area is 295 Å². The van der Waals surface area contributed by atoms with Crippen LogP contribution in [0.3, 0.4) is 0 Å². The number of aromatic nitrogens is 4. The number of amides is 4. The molecular formula is C37H40N10O4. The molecule has 14 nitrogen and oxygen atoms in total. The van der Waals surface area contributed by atoms with Gasteiger partial charge in [0.05, 0.1) is 47.4 Å². The van der Waals surface area contributed by atoms with Crippen LogP contribution >= 0.6 is 0 Å². The fourth-order valence-electron chi connectivity index (χ4n) is 5.95. The smallest absolute Gasteiger partial charge is 0.328 e. The molecule has 0 bridgehead atoms. The van der Waals surface area contributed by atoms with Gasteiger partial charge in [-0.2, -0.15) is 0 Å². The van der Waals surface area contributed by atoms with Gasteiger partial charge in [0.1, 0.15) is 5.75 Å². The fraction of sp³-hybridized carbons (Fsp3) is 0.243. The van der Waals surface area contributed by atoms with Crippen molar-refractivity contribution in [1.29, 1.82) is 0 Å². The predicted octanol–water partition coefficient (Wildman–Crippen LogP) is 4.92. The van der Waals surface area contributed by atoms with E-state index in [1.54, 1.807) is 25.6 Å². The molecule has 6 rings (SSSR count). The topological polar surface area (TPSA) is 150 Å². The molecule has 1 saturated heterocycles. The van der Waals surface area contributed by atoms with Crippen LogP contribution in [-0.4, -0.2) is 83.1 Å². The lowest BCUT2D eigenvalue weighted by molar-refractivity contribution is -0.120. The van der Waals surface area contributed by atoms with Gasteiger partial charge in [-0.1, -0.05) is 24.8 Å². The van der Waals surface area contributed by atoms with Crippen molar-refractivity contribution in [3.8, 4) is 17.0 Å². The maximum absolute atomic E-state index is 12.5. The summed E-state index contributed by atoms with van der Waals surface area (Å²) in [6, 6.07) is 17.0. The number of para-hydroxylation sites is 1. The van der Waals surface area contributed by atoms with E-state index in [0.717, 1.165) is 33.5 Å². The van der Waals surface area contributed by atoms with E-state index in [-0.39, 0.29) is 18.2 Å². The van der Waals surface area contributed by atoms with Crippen molar-refractivity contribution in [3.05, 3.63) is 91.5 Å². The molecule has 0 saturated carbocycles. The molecule has 5 aromatic rings. The van der Waals surface area contributed by atoms with E-state index in [1.165, 1.54) is 11.0 Å². The van der Waals surface area contributed by atoms with Gasteiger partial charge in [-0.25, -0.2) is 14.8 Å². The molecule has 3 aromatic heterocycles. The number of carbonyl (C=O) groups excluding carboxylic acids is 3. The minimum absolute atomic E-state index is 0.253. The number of likely N-dealkylation sites (N-methyl/N-ethyl adjacent to an activating group) is 2. The summed E-state index contributed by atoms with van der Waals surface area (Å²) in [5.41, 5.74) is 6.20. The Morgan fingerprint density at radius 3 is 2.65 bits per heavy atom. The van der Waals surface area contributed by atoms with Crippen LogP contribution in [0.2, 0.25) is 0 Å². The third-order valence-electron chi connectivity index (χ3n) is 8.67. The van der Waals surface area contributed by atoms with Gasteiger partial charge in [-0.15, -0.1) is 0 Å². The summed E-state index contributed by atoms with van der Waals surface area (Å²) in [6.45, 7) is 5.79. The summed E-state index contributed by atoms with van der Waals surface area (Å²) in [6.07, 6.45) is 6.88. The van der Waals surface area contributed by atoms with Crippen molar-refractivity contribution in [3.63, 3.8) is 0 Å². The third kappa shape index (κ3) is 7.81. The lowest BCUT2D eigenvalue weighted by atomic mass is 10.1. The predicted molar refractivity (Wildman–Crippen MR) is 198 cm³/mol. The Hall–Kier alpha value is -6.28. The van der Waals surface area contributed by atoms with Gasteiger partial charge >= 0.3 is 6.03 Å². The fourth-order valence-corrected chi connectivity index (χ4v) is 5.95. The molecule has 1 fully saturated rings. The lowest BCUT2D eigenvalue weighted by Gasteiger charge is -2.27. The molecule has 0 unspecified atom stereocenters. The molecule has 0 atom stereocenters. The average Bonchev–Trinajstić information content (AvgIpc) is 3.47. The number of methoxy groups -OCH3 is 1. The van der Waals surface area contributed by atoms with E-state index in [2.05, 4.69) is 60.3 Å². The molecule has 262 valence electrons. The Balaban J connectivity index is 1.16. The first-order valence-electron chi connectivity index (χ1n) is 16.4. The van der Waals surface area contributed by atoms with Crippen LogP contribution in [-0.2, 0) is 23.2 Å². The number of carbonyl (C=O) groups is 3. The summed E-state index contributed by atoms with van der Waals surface area (Å²) in [4.78, 5) is 55.7. The van der Waals surface area contributed by atoms with Gasteiger partial charge in [0, 0.05) is 81.6 Å². The van der Waals surface area contributed by atoms with Crippen molar-refractivity contribution >= 4 is 57.4 Å². The zero-order chi connectivity index (χ0) is 36.1. The van der Waals surface area contributed by atoms with Gasteiger partial charge < -0.3 is 24.8 Å². The number of hydrogen-bond donors (Lipinski definition) is 3. The molecule has 0 spiro atoms.